The molecule has 2 atom stereocenters. The van der Waals surface area contributed by atoms with Gasteiger partial charge >= 0.3 is 27.0 Å². The number of rotatable bonds is 3. The van der Waals surface area contributed by atoms with Crippen molar-refractivity contribution in [1.29, 1.82) is 0 Å². The number of aliphatic hydroxyl groups is 2. The van der Waals surface area contributed by atoms with Crippen molar-refractivity contribution in [3.05, 3.63) is 42.8 Å². The zero-order valence-corrected chi connectivity index (χ0v) is 15.9. The van der Waals surface area contributed by atoms with Crippen LogP contribution in [0, 0.1) is 14.4 Å². The van der Waals surface area contributed by atoms with Crippen molar-refractivity contribution in [2.45, 2.75) is 59.2 Å². The minimum atomic E-state index is -0.375. The number of halogens is 1. The molecule has 2 unspecified atom stereocenters. The number of aryl methyl sites for hydroxylation is 1. The third kappa shape index (κ3) is 16.1. The Morgan fingerprint density at radius 3 is 1.50 bits per heavy atom. The van der Waals surface area contributed by atoms with Crippen molar-refractivity contribution in [3.63, 3.8) is 0 Å². The molecule has 0 aliphatic rings. The van der Waals surface area contributed by atoms with Gasteiger partial charge in [-0.3, -0.25) is 0 Å². The number of hydrogen-bond donors (Lipinski definition) is 2. The number of aliphatic hydroxyl groups excluding tert-OH is 2. The van der Waals surface area contributed by atoms with E-state index in [-0.39, 0.29) is 19.6 Å². The van der Waals surface area contributed by atoms with Gasteiger partial charge in [0.25, 0.3) is 0 Å². The zero-order chi connectivity index (χ0) is 15.4. The minimum absolute atomic E-state index is 0. The van der Waals surface area contributed by atoms with Crippen molar-refractivity contribution in [2.75, 3.05) is 0 Å². The molecule has 4 heteroatoms. The Labute approximate surface area is 139 Å². The molecular formula is C16H29ClO2Ru. The molecular weight excluding hydrogens is 361 g/mol. The van der Waals surface area contributed by atoms with Crippen LogP contribution in [0.15, 0.2) is 24.3 Å². The summed E-state index contributed by atoms with van der Waals surface area (Å²) in [5.41, 5.74) is 2.76. The SMILES string of the molecule is CC(O)CC(C)O.Cc1ccc(C(C)C)cc1.[CH3-].[Cl][Ru+]. The molecule has 0 aliphatic heterocycles. The van der Waals surface area contributed by atoms with Crippen LogP contribution in [0.5, 0.6) is 0 Å². The summed E-state index contributed by atoms with van der Waals surface area (Å²) in [5.74, 6) is 0.653. The van der Waals surface area contributed by atoms with E-state index in [0.29, 0.717) is 12.3 Å². The second kappa shape index (κ2) is 15.4. The molecule has 0 aromatic heterocycles. The second-order valence-corrected chi connectivity index (χ2v) is 5.00. The molecule has 0 fully saturated rings. The molecule has 1 rings (SSSR count). The van der Waals surface area contributed by atoms with Gasteiger partial charge in [-0.1, -0.05) is 43.7 Å². The number of benzene rings is 1. The van der Waals surface area contributed by atoms with Crippen molar-refractivity contribution in [2.24, 2.45) is 0 Å². The van der Waals surface area contributed by atoms with E-state index in [1.807, 2.05) is 17.3 Å². The fraction of sp³-hybridized carbons (Fsp3) is 0.562. The van der Waals surface area contributed by atoms with Gasteiger partial charge in [-0.15, -0.1) is 0 Å². The maximum absolute atomic E-state index is 8.56. The summed E-state index contributed by atoms with van der Waals surface area (Å²) >= 11 is 1.82. The van der Waals surface area contributed by atoms with E-state index in [1.165, 1.54) is 11.1 Å². The molecule has 0 saturated heterocycles. The Bertz CT molecular complexity index is 292. The Morgan fingerprint density at radius 1 is 0.950 bits per heavy atom. The van der Waals surface area contributed by atoms with E-state index >= 15 is 0 Å². The first-order valence-electron chi connectivity index (χ1n) is 6.39. The van der Waals surface area contributed by atoms with Crippen LogP contribution in [0.1, 0.15) is 51.2 Å². The van der Waals surface area contributed by atoms with Gasteiger partial charge in [0.15, 0.2) is 0 Å². The van der Waals surface area contributed by atoms with Crippen LogP contribution in [0.2, 0.25) is 0 Å². The molecule has 1 aromatic carbocycles. The van der Waals surface area contributed by atoms with Gasteiger partial charge in [-0.25, -0.2) is 0 Å². The van der Waals surface area contributed by atoms with Crippen molar-refractivity contribution in [1.82, 2.24) is 0 Å². The molecule has 0 bridgehead atoms. The Morgan fingerprint density at radius 2 is 1.30 bits per heavy atom. The summed E-state index contributed by atoms with van der Waals surface area (Å²) in [6.07, 6.45) is -0.278. The van der Waals surface area contributed by atoms with E-state index in [2.05, 4.69) is 54.7 Å². The predicted molar refractivity (Wildman–Crippen MR) is 85.5 cm³/mol. The van der Waals surface area contributed by atoms with Gasteiger partial charge in [0, 0.05) is 0 Å². The Balaban J connectivity index is -0.000000258. The van der Waals surface area contributed by atoms with Crippen LogP contribution in [0.3, 0.4) is 0 Å². The third-order valence-electron chi connectivity index (χ3n) is 2.43. The first-order valence-corrected chi connectivity index (χ1v) is 8.62. The molecule has 0 heterocycles. The summed E-state index contributed by atoms with van der Waals surface area (Å²) in [7, 11) is 4.57. The zero-order valence-electron chi connectivity index (χ0n) is 13.4. The molecule has 2 nitrogen and oxygen atoms in total. The molecule has 1 aromatic rings. The molecule has 20 heavy (non-hydrogen) atoms. The van der Waals surface area contributed by atoms with Crippen LogP contribution in [-0.2, 0) is 17.3 Å². The summed E-state index contributed by atoms with van der Waals surface area (Å²) in [6.45, 7) is 9.86. The molecule has 0 radical (unpaired) electrons. The van der Waals surface area contributed by atoms with E-state index in [9.17, 15) is 0 Å². The summed E-state index contributed by atoms with van der Waals surface area (Å²) in [6, 6.07) is 8.71. The van der Waals surface area contributed by atoms with Gasteiger partial charge < -0.3 is 17.6 Å². The Kier molecular flexibility index (Phi) is 19.3. The third-order valence-corrected chi connectivity index (χ3v) is 2.43. The monoisotopic (exact) mass is 390 g/mol. The van der Waals surface area contributed by atoms with Crippen LogP contribution < -0.4 is 0 Å². The summed E-state index contributed by atoms with van der Waals surface area (Å²) < 4.78 is 0. The molecule has 0 spiro atoms. The molecule has 0 saturated carbocycles. The molecule has 120 valence electrons. The molecule has 0 amide bonds. The van der Waals surface area contributed by atoms with Gasteiger partial charge in [-0.2, -0.15) is 0 Å². The van der Waals surface area contributed by atoms with Crippen molar-refractivity contribution in [3.8, 4) is 0 Å². The fourth-order valence-corrected chi connectivity index (χ4v) is 1.45. The second-order valence-electron chi connectivity index (χ2n) is 5.00. The quantitative estimate of drug-likeness (QED) is 0.594. The van der Waals surface area contributed by atoms with E-state index in [0.717, 1.165) is 0 Å². The average Bonchev–Trinajstić information content (AvgIpc) is 2.31. The van der Waals surface area contributed by atoms with E-state index < -0.39 is 0 Å². The van der Waals surface area contributed by atoms with Crippen LogP contribution >= 0.6 is 9.69 Å². The number of hydrogen-bond acceptors (Lipinski definition) is 2. The van der Waals surface area contributed by atoms with E-state index in [1.54, 1.807) is 13.8 Å². The first-order chi connectivity index (χ1) is 8.82. The van der Waals surface area contributed by atoms with Gasteiger partial charge in [0.2, 0.25) is 0 Å². The fourth-order valence-electron chi connectivity index (χ4n) is 1.45. The first kappa shape index (κ1) is 25.0. The van der Waals surface area contributed by atoms with Crippen molar-refractivity contribution < 1.29 is 27.5 Å². The summed E-state index contributed by atoms with van der Waals surface area (Å²) in [5, 5.41) is 17.1. The predicted octanol–water partition coefficient (Wildman–Crippen LogP) is 4.39. The van der Waals surface area contributed by atoms with Gasteiger partial charge in [-0.05, 0) is 38.7 Å². The topological polar surface area (TPSA) is 40.5 Å². The van der Waals surface area contributed by atoms with Gasteiger partial charge in [0.05, 0.1) is 12.2 Å². The molecule has 0 aliphatic carbocycles. The van der Waals surface area contributed by atoms with E-state index in [4.69, 9.17) is 10.2 Å². The van der Waals surface area contributed by atoms with Crippen LogP contribution in [0.4, 0.5) is 0 Å². The maximum atomic E-state index is 8.56. The van der Waals surface area contributed by atoms with Crippen LogP contribution in [-0.4, -0.2) is 22.4 Å². The standard InChI is InChI=1S/C10H14.C5H12O2.CH3.ClH.Ru/c1-8(2)10-6-4-9(3)5-7-10;1-4(6)3-5(2)7;;;/h4-8H,1-3H3;4-7H,3H2,1-2H3;1H3;1H;/q;;-1;;+2/p-1. The molecule has 2 N–H and O–H groups in total. The summed E-state index contributed by atoms with van der Waals surface area (Å²) in [4.78, 5) is 0. The van der Waals surface area contributed by atoms with Gasteiger partial charge in [0.1, 0.15) is 0 Å². The van der Waals surface area contributed by atoms with Crippen LogP contribution in [0.25, 0.3) is 0 Å². The normalized spacial score (nSPS) is 12.1. The van der Waals surface area contributed by atoms with Crippen molar-refractivity contribution >= 4 is 9.69 Å². The Hall–Kier alpha value is 0.0534. The average molecular weight is 390 g/mol.